The quantitative estimate of drug-likeness (QED) is 0.790. The number of benzene rings is 2. The highest BCUT2D eigenvalue weighted by Gasteiger charge is 2.45. The van der Waals surface area contributed by atoms with E-state index < -0.39 is 17.6 Å². The summed E-state index contributed by atoms with van der Waals surface area (Å²) in [4.78, 5) is 15.7. The van der Waals surface area contributed by atoms with Gasteiger partial charge in [0, 0.05) is 13.0 Å². The maximum Gasteiger partial charge on any atom is 0.233 e. The van der Waals surface area contributed by atoms with Crippen LogP contribution < -0.4 is 14.2 Å². The molecule has 2 aliphatic heterocycles. The van der Waals surface area contributed by atoms with E-state index in [0.717, 1.165) is 31.2 Å². The van der Waals surface area contributed by atoms with E-state index in [-0.39, 0.29) is 12.5 Å². The molecule has 2 fully saturated rings. The molecule has 1 amide bonds. The van der Waals surface area contributed by atoms with Crippen LogP contribution >= 0.6 is 0 Å². The van der Waals surface area contributed by atoms with Crippen molar-refractivity contribution in [3.8, 4) is 17.2 Å². The molecule has 2 atom stereocenters. The highest BCUT2D eigenvalue weighted by atomic mass is 16.6. The van der Waals surface area contributed by atoms with Gasteiger partial charge < -0.3 is 24.2 Å². The van der Waals surface area contributed by atoms with Crippen molar-refractivity contribution in [2.24, 2.45) is 0 Å². The Bertz CT molecular complexity index is 940. The Kier molecular flexibility index (Phi) is 5.96. The number of rotatable bonds is 4. The molecular weight excluding hydrogens is 406 g/mol. The van der Waals surface area contributed by atoms with Crippen molar-refractivity contribution >= 4 is 5.91 Å². The molecule has 1 N–H and O–H groups in total. The number of amides is 1. The Morgan fingerprint density at radius 3 is 2.56 bits per heavy atom. The van der Waals surface area contributed by atoms with Crippen LogP contribution in [0.5, 0.6) is 17.2 Å². The van der Waals surface area contributed by atoms with E-state index >= 15 is 0 Å². The van der Waals surface area contributed by atoms with Gasteiger partial charge in [-0.05, 0) is 30.5 Å². The highest BCUT2D eigenvalue weighted by molar-refractivity contribution is 5.88. The lowest BCUT2D eigenvalue weighted by molar-refractivity contribution is -0.144. The lowest BCUT2D eigenvalue weighted by atomic mass is 9.68. The molecule has 0 spiro atoms. The van der Waals surface area contributed by atoms with Gasteiger partial charge in [0.25, 0.3) is 0 Å². The van der Waals surface area contributed by atoms with Crippen molar-refractivity contribution in [3.05, 3.63) is 54.1 Å². The minimum atomic E-state index is -0.760. The third-order valence-electron chi connectivity index (χ3n) is 7.06. The summed E-state index contributed by atoms with van der Waals surface area (Å²) in [5.41, 5.74) is 0.627. The normalized spacial score (nSPS) is 24.6. The number of fused-ring (bicyclic) bond motifs is 1. The fraction of sp³-hybridized carbons (Fsp3) is 0.500. The van der Waals surface area contributed by atoms with E-state index in [1.165, 1.54) is 6.42 Å². The fourth-order valence-corrected chi connectivity index (χ4v) is 5.38. The maximum absolute atomic E-state index is 13.8. The standard InChI is InChI=1S/C26H31NO5/c28-20-18-27(25(29)26(13-5-2-6-14-26)19-8-3-1-4-9-19)15-12-21(20)32-23-11-7-10-22-24(23)31-17-16-30-22/h1,3-4,7-11,20-21,28H,2,5-6,12-18H2/t20-,21-/m1/s1. The molecule has 6 nitrogen and oxygen atoms in total. The molecule has 2 heterocycles. The molecule has 0 radical (unpaired) electrons. The average Bonchev–Trinajstić information content (AvgIpc) is 2.86. The molecule has 5 rings (SSSR count). The molecule has 170 valence electrons. The minimum Gasteiger partial charge on any atom is -0.486 e. The topological polar surface area (TPSA) is 68.2 Å². The van der Waals surface area contributed by atoms with E-state index in [1.54, 1.807) is 0 Å². The molecule has 0 aromatic heterocycles. The molecule has 2 aromatic rings. The minimum absolute atomic E-state index is 0.148. The Labute approximate surface area is 189 Å². The first-order chi connectivity index (χ1) is 15.7. The predicted octanol–water partition coefficient (Wildman–Crippen LogP) is 3.70. The second-order valence-corrected chi connectivity index (χ2v) is 9.05. The molecule has 1 saturated heterocycles. The number of nitrogens with zero attached hydrogens (tertiary/aromatic N) is 1. The SMILES string of the molecule is O=C(N1CC[C@@H](Oc2cccc3c2OCCO3)[C@H](O)C1)C1(c2ccccc2)CCCCC1. The van der Waals surface area contributed by atoms with Crippen LogP contribution in [-0.4, -0.2) is 54.4 Å². The predicted molar refractivity (Wildman–Crippen MR) is 120 cm³/mol. The van der Waals surface area contributed by atoms with E-state index in [2.05, 4.69) is 12.1 Å². The molecule has 1 saturated carbocycles. The van der Waals surface area contributed by atoms with Crippen LogP contribution in [-0.2, 0) is 10.2 Å². The Morgan fingerprint density at radius 2 is 1.78 bits per heavy atom. The summed E-state index contributed by atoms with van der Waals surface area (Å²) in [6.45, 7) is 1.85. The largest absolute Gasteiger partial charge is 0.486 e. The molecule has 0 unspecified atom stereocenters. The van der Waals surface area contributed by atoms with E-state index in [9.17, 15) is 9.90 Å². The van der Waals surface area contributed by atoms with E-state index in [4.69, 9.17) is 14.2 Å². The molecule has 2 aromatic carbocycles. The monoisotopic (exact) mass is 437 g/mol. The molecular formula is C26H31NO5. The van der Waals surface area contributed by atoms with Gasteiger partial charge in [-0.25, -0.2) is 0 Å². The smallest absolute Gasteiger partial charge is 0.233 e. The van der Waals surface area contributed by atoms with Gasteiger partial charge in [-0.15, -0.1) is 0 Å². The van der Waals surface area contributed by atoms with Crippen LogP contribution in [0.2, 0.25) is 0 Å². The van der Waals surface area contributed by atoms with E-state index in [0.29, 0.717) is 43.4 Å². The van der Waals surface area contributed by atoms with Crippen molar-refractivity contribution in [1.82, 2.24) is 4.90 Å². The number of likely N-dealkylation sites (tertiary alicyclic amines) is 1. The fourth-order valence-electron chi connectivity index (χ4n) is 5.38. The maximum atomic E-state index is 13.8. The lowest BCUT2D eigenvalue weighted by Crippen LogP contribution is -2.56. The number of carbonyl (C=O) groups is 1. The lowest BCUT2D eigenvalue weighted by Gasteiger charge is -2.43. The molecule has 6 heteroatoms. The molecule has 1 aliphatic carbocycles. The van der Waals surface area contributed by atoms with Crippen LogP contribution in [0.1, 0.15) is 44.1 Å². The average molecular weight is 438 g/mol. The zero-order valence-electron chi connectivity index (χ0n) is 18.4. The second-order valence-electron chi connectivity index (χ2n) is 9.05. The van der Waals surface area contributed by atoms with Gasteiger partial charge in [-0.2, -0.15) is 0 Å². The van der Waals surface area contributed by atoms with Gasteiger partial charge in [0.2, 0.25) is 11.7 Å². The van der Waals surface area contributed by atoms with Crippen molar-refractivity contribution in [2.75, 3.05) is 26.3 Å². The first-order valence-electron chi connectivity index (χ1n) is 11.8. The number of aliphatic hydroxyl groups excluding tert-OH is 1. The number of piperidine rings is 1. The first-order valence-corrected chi connectivity index (χ1v) is 11.8. The summed E-state index contributed by atoms with van der Waals surface area (Å²) in [6, 6.07) is 15.7. The van der Waals surface area contributed by atoms with Gasteiger partial charge in [0.1, 0.15) is 25.4 Å². The summed E-state index contributed by atoms with van der Waals surface area (Å²) in [6.07, 6.45) is 4.45. The third kappa shape index (κ3) is 3.92. The highest BCUT2D eigenvalue weighted by Crippen LogP contribution is 2.42. The number of para-hydroxylation sites is 1. The summed E-state index contributed by atoms with van der Waals surface area (Å²) in [7, 11) is 0. The van der Waals surface area contributed by atoms with Gasteiger partial charge >= 0.3 is 0 Å². The summed E-state index contributed by atoms with van der Waals surface area (Å²) >= 11 is 0. The Balaban J connectivity index is 1.30. The number of ether oxygens (including phenoxy) is 3. The van der Waals surface area contributed by atoms with Crippen LogP contribution in [0.4, 0.5) is 0 Å². The summed E-state index contributed by atoms with van der Waals surface area (Å²) in [5, 5.41) is 10.9. The van der Waals surface area contributed by atoms with Crippen molar-refractivity contribution in [1.29, 1.82) is 0 Å². The number of aliphatic hydroxyl groups is 1. The zero-order valence-corrected chi connectivity index (χ0v) is 18.4. The van der Waals surface area contributed by atoms with Crippen LogP contribution in [0.25, 0.3) is 0 Å². The van der Waals surface area contributed by atoms with Crippen LogP contribution in [0.15, 0.2) is 48.5 Å². The second kappa shape index (κ2) is 9.02. The summed E-state index contributed by atoms with van der Waals surface area (Å²) in [5.74, 6) is 1.99. The number of hydrogen-bond donors (Lipinski definition) is 1. The van der Waals surface area contributed by atoms with Crippen molar-refractivity contribution < 1.29 is 24.1 Å². The molecule has 32 heavy (non-hydrogen) atoms. The molecule has 0 bridgehead atoms. The number of β-amino-alcohol motifs (C(OH)–C–C–N with tert-alkyl or cyclic N) is 1. The van der Waals surface area contributed by atoms with Crippen molar-refractivity contribution in [3.63, 3.8) is 0 Å². The first kappa shape index (κ1) is 21.1. The Hall–Kier alpha value is -2.73. The van der Waals surface area contributed by atoms with Gasteiger partial charge in [0.15, 0.2) is 11.5 Å². The van der Waals surface area contributed by atoms with Gasteiger partial charge in [-0.1, -0.05) is 55.7 Å². The van der Waals surface area contributed by atoms with Crippen LogP contribution in [0.3, 0.4) is 0 Å². The van der Waals surface area contributed by atoms with Gasteiger partial charge in [0.05, 0.1) is 12.0 Å². The third-order valence-corrected chi connectivity index (χ3v) is 7.06. The van der Waals surface area contributed by atoms with Crippen molar-refractivity contribution in [2.45, 2.75) is 56.1 Å². The zero-order chi connectivity index (χ0) is 22.0. The number of carbonyl (C=O) groups excluding carboxylic acids is 1. The van der Waals surface area contributed by atoms with E-state index in [1.807, 2.05) is 41.3 Å². The Morgan fingerprint density at radius 1 is 1.00 bits per heavy atom. The summed E-state index contributed by atoms with van der Waals surface area (Å²) < 4.78 is 17.5. The molecule has 3 aliphatic rings. The van der Waals surface area contributed by atoms with Crippen LogP contribution in [0, 0.1) is 0 Å². The number of hydrogen-bond acceptors (Lipinski definition) is 5. The van der Waals surface area contributed by atoms with Gasteiger partial charge in [-0.3, -0.25) is 4.79 Å².